The van der Waals surface area contributed by atoms with E-state index < -0.39 is 17.6 Å². The standard InChI is InChI=1S/C18H25ClN2O4/c1-10-6-13(7-11(2)15(10)19)25-18(3,4)17(24)20-12-8-14(16(22)23)21(5)9-12/h6-7,12,14H,8-9H2,1-5H3,(H,20,24)(H,22,23)/t12-,14-/m0/s1. The van der Waals surface area contributed by atoms with Crippen LogP contribution in [-0.4, -0.2) is 53.2 Å². The van der Waals surface area contributed by atoms with Crippen molar-refractivity contribution >= 4 is 23.5 Å². The summed E-state index contributed by atoms with van der Waals surface area (Å²) >= 11 is 6.16. The molecule has 0 saturated carbocycles. The number of nitrogens with zero attached hydrogens (tertiary/aromatic N) is 1. The van der Waals surface area contributed by atoms with E-state index in [2.05, 4.69) is 5.32 Å². The van der Waals surface area contributed by atoms with Crippen molar-refractivity contribution in [2.24, 2.45) is 0 Å². The minimum Gasteiger partial charge on any atom is -0.480 e. The van der Waals surface area contributed by atoms with Crippen molar-refractivity contribution in [1.29, 1.82) is 0 Å². The third-order valence-electron chi connectivity index (χ3n) is 4.50. The Kier molecular flexibility index (Phi) is 5.64. The Morgan fingerprint density at radius 2 is 1.88 bits per heavy atom. The SMILES string of the molecule is Cc1cc(OC(C)(C)C(=O)N[C@H]2C[C@@H](C(=O)O)N(C)C2)cc(C)c1Cl. The second-order valence-electron chi connectivity index (χ2n) is 7.18. The number of aryl methyl sites for hydroxylation is 2. The number of amides is 1. The minimum atomic E-state index is -1.09. The Labute approximate surface area is 153 Å². The predicted octanol–water partition coefficient (Wildman–Crippen LogP) is 2.39. The van der Waals surface area contributed by atoms with Gasteiger partial charge in [0.05, 0.1) is 0 Å². The van der Waals surface area contributed by atoms with E-state index in [1.54, 1.807) is 37.9 Å². The van der Waals surface area contributed by atoms with Crippen LogP contribution in [0.15, 0.2) is 12.1 Å². The summed E-state index contributed by atoms with van der Waals surface area (Å²) in [6, 6.07) is 2.81. The first-order chi connectivity index (χ1) is 11.5. The molecule has 1 heterocycles. The molecule has 1 aliphatic heterocycles. The van der Waals surface area contributed by atoms with Gasteiger partial charge in [0.1, 0.15) is 11.8 Å². The van der Waals surface area contributed by atoms with Crippen LogP contribution in [0.1, 0.15) is 31.4 Å². The number of rotatable bonds is 5. The number of carboxylic acid groups (broad SMARTS) is 1. The monoisotopic (exact) mass is 368 g/mol. The fourth-order valence-electron chi connectivity index (χ4n) is 3.06. The number of carboxylic acids is 1. The van der Waals surface area contributed by atoms with E-state index in [4.69, 9.17) is 16.3 Å². The second-order valence-corrected chi connectivity index (χ2v) is 7.56. The molecule has 2 atom stereocenters. The van der Waals surface area contributed by atoms with Gasteiger partial charge in [0, 0.05) is 17.6 Å². The van der Waals surface area contributed by atoms with E-state index in [0.717, 1.165) is 11.1 Å². The van der Waals surface area contributed by atoms with Crippen molar-refractivity contribution in [2.45, 2.75) is 51.8 Å². The lowest BCUT2D eigenvalue weighted by atomic mass is 10.1. The Bertz CT molecular complexity index is 667. The molecule has 2 N–H and O–H groups in total. The molecule has 2 rings (SSSR count). The van der Waals surface area contributed by atoms with E-state index in [1.165, 1.54) is 0 Å². The zero-order valence-corrected chi connectivity index (χ0v) is 16.0. The van der Waals surface area contributed by atoms with Gasteiger partial charge in [-0.3, -0.25) is 14.5 Å². The van der Waals surface area contributed by atoms with Crippen molar-refractivity contribution < 1.29 is 19.4 Å². The maximum atomic E-state index is 12.6. The van der Waals surface area contributed by atoms with Crippen LogP contribution in [-0.2, 0) is 9.59 Å². The average Bonchev–Trinajstić information content (AvgIpc) is 2.85. The lowest BCUT2D eigenvalue weighted by molar-refractivity contribution is -0.141. The molecule has 1 aromatic carbocycles. The van der Waals surface area contributed by atoms with E-state index in [-0.39, 0.29) is 11.9 Å². The second kappa shape index (κ2) is 7.22. The summed E-state index contributed by atoms with van der Waals surface area (Å²) in [6.07, 6.45) is 0.382. The fourth-order valence-corrected chi connectivity index (χ4v) is 3.17. The van der Waals surface area contributed by atoms with Gasteiger partial charge in [-0.2, -0.15) is 0 Å². The molecule has 0 radical (unpaired) electrons. The van der Waals surface area contributed by atoms with Gasteiger partial charge in [0.15, 0.2) is 5.60 Å². The molecule has 0 aromatic heterocycles. The van der Waals surface area contributed by atoms with Gasteiger partial charge in [-0.05, 0) is 64.4 Å². The average molecular weight is 369 g/mol. The number of carbonyl (C=O) groups is 2. The maximum absolute atomic E-state index is 12.6. The highest BCUT2D eigenvalue weighted by molar-refractivity contribution is 6.32. The van der Waals surface area contributed by atoms with Crippen LogP contribution in [0.3, 0.4) is 0 Å². The van der Waals surface area contributed by atoms with Crippen LogP contribution in [0.5, 0.6) is 5.75 Å². The first kappa shape index (κ1) is 19.5. The molecule has 0 unspecified atom stereocenters. The molecule has 1 amide bonds. The molecule has 1 fully saturated rings. The van der Waals surface area contributed by atoms with Crippen LogP contribution in [0.25, 0.3) is 0 Å². The van der Waals surface area contributed by atoms with Crippen molar-refractivity contribution in [3.8, 4) is 5.75 Å². The van der Waals surface area contributed by atoms with Crippen LogP contribution >= 0.6 is 11.6 Å². The zero-order valence-electron chi connectivity index (χ0n) is 15.2. The third-order valence-corrected chi connectivity index (χ3v) is 5.09. The molecule has 138 valence electrons. The number of hydrogen-bond acceptors (Lipinski definition) is 4. The topological polar surface area (TPSA) is 78.9 Å². The Morgan fingerprint density at radius 3 is 2.36 bits per heavy atom. The summed E-state index contributed by atoms with van der Waals surface area (Å²) in [5.41, 5.74) is 0.677. The number of aliphatic carboxylic acids is 1. The summed E-state index contributed by atoms with van der Waals surface area (Å²) in [6.45, 7) is 7.65. The quantitative estimate of drug-likeness (QED) is 0.834. The van der Waals surface area contributed by atoms with Crippen LogP contribution < -0.4 is 10.1 Å². The number of hydrogen-bond donors (Lipinski definition) is 2. The molecule has 0 aliphatic carbocycles. The Morgan fingerprint density at radius 1 is 1.32 bits per heavy atom. The molecule has 6 nitrogen and oxygen atoms in total. The van der Waals surface area contributed by atoms with Crippen molar-refractivity contribution in [3.63, 3.8) is 0 Å². The highest BCUT2D eigenvalue weighted by atomic mass is 35.5. The number of likely N-dealkylation sites (tertiary alicyclic amines) is 1. The van der Waals surface area contributed by atoms with Gasteiger partial charge in [-0.1, -0.05) is 11.6 Å². The third kappa shape index (κ3) is 4.44. The molecule has 7 heteroatoms. The molecule has 1 saturated heterocycles. The Balaban J connectivity index is 2.04. The number of nitrogens with one attached hydrogen (secondary N) is 1. The van der Waals surface area contributed by atoms with E-state index in [1.807, 2.05) is 13.8 Å². The van der Waals surface area contributed by atoms with Gasteiger partial charge >= 0.3 is 5.97 Å². The van der Waals surface area contributed by atoms with Gasteiger partial charge in [-0.15, -0.1) is 0 Å². The number of benzene rings is 1. The summed E-state index contributed by atoms with van der Waals surface area (Å²) in [4.78, 5) is 25.5. The number of carbonyl (C=O) groups excluding carboxylic acids is 1. The van der Waals surface area contributed by atoms with Gasteiger partial charge in [0.25, 0.3) is 5.91 Å². The summed E-state index contributed by atoms with van der Waals surface area (Å²) < 4.78 is 5.89. The molecular weight excluding hydrogens is 344 g/mol. The molecule has 0 spiro atoms. The van der Waals surface area contributed by atoms with Gasteiger partial charge in [-0.25, -0.2) is 0 Å². The lowest BCUT2D eigenvalue weighted by Crippen LogP contribution is -2.50. The number of ether oxygens (including phenoxy) is 1. The van der Waals surface area contributed by atoms with Crippen molar-refractivity contribution in [1.82, 2.24) is 10.2 Å². The molecule has 1 aromatic rings. The highest BCUT2D eigenvalue weighted by Gasteiger charge is 2.38. The van der Waals surface area contributed by atoms with Gasteiger partial charge < -0.3 is 15.2 Å². The largest absolute Gasteiger partial charge is 0.480 e. The highest BCUT2D eigenvalue weighted by Crippen LogP contribution is 2.28. The van der Waals surface area contributed by atoms with E-state index in [9.17, 15) is 14.7 Å². The molecule has 25 heavy (non-hydrogen) atoms. The zero-order chi connectivity index (χ0) is 18.9. The van der Waals surface area contributed by atoms with Crippen LogP contribution in [0, 0.1) is 13.8 Å². The Hall–Kier alpha value is -1.79. The van der Waals surface area contributed by atoms with Crippen LogP contribution in [0.4, 0.5) is 0 Å². The van der Waals surface area contributed by atoms with E-state index >= 15 is 0 Å². The fraction of sp³-hybridized carbons (Fsp3) is 0.556. The summed E-state index contributed by atoms with van der Waals surface area (Å²) in [5.74, 6) is -0.574. The summed E-state index contributed by atoms with van der Waals surface area (Å²) in [5, 5.41) is 12.8. The first-order valence-corrected chi connectivity index (χ1v) is 8.59. The van der Waals surface area contributed by atoms with Crippen molar-refractivity contribution in [3.05, 3.63) is 28.3 Å². The summed E-state index contributed by atoms with van der Waals surface area (Å²) in [7, 11) is 1.74. The van der Waals surface area contributed by atoms with E-state index in [0.29, 0.717) is 23.7 Å². The lowest BCUT2D eigenvalue weighted by Gasteiger charge is -2.27. The van der Waals surface area contributed by atoms with Crippen molar-refractivity contribution in [2.75, 3.05) is 13.6 Å². The first-order valence-electron chi connectivity index (χ1n) is 8.21. The van der Waals surface area contributed by atoms with Crippen LogP contribution in [0.2, 0.25) is 5.02 Å². The maximum Gasteiger partial charge on any atom is 0.320 e. The smallest absolute Gasteiger partial charge is 0.320 e. The molecule has 1 aliphatic rings. The normalized spacial score (nSPS) is 21.2. The minimum absolute atomic E-state index is 0.213. The number of likely N-dealkylation sites (N-methyl/N-ethyl adjacent to an activating group) is 1. The number of halogens is 1. The molecular formula is C18H25ClN2O4. The predicted molar refractivity (Wildman–Crippen MR) is 96.2 cm³/mol. The molecule has 0 bridgehead atoms. The van der Waals surface area contributed by atoms with Gasteiger partial charge in [0.2, 0.25) is 0 Å².